The van der Waals surface area contributed by atoms with Gasteiger partial charge in [0, 0.05) is 49.0 Å². The van der Waals surface area contributed by atoms with Crippen LogP contribution in [0.1, 0.15) is 118 Å². The van der Waals surface area contributed by atoms with Gasteiger partial charge in [0.05, 0.1) is 42.6 Å². The third-order valence-electron chi connectivity index (χ3n) is 20.1. The van der Waals surface area contributed by atoms with Gasteiger partial charge in [-0.3, -0.25) is 0 Å². The predicted octanol–water partition coefficient (Wildman–Crippen LogP) is 0.645. The molecule has 2 aliphatic heterocycles. The highest BCUT2D eigenvalue weighted by molar-refractivity contribution is 7.99. The first-order valence-electron chi connectivity index (χ1n) is 28.6. The van der Waals surface area contributed by atoms with Crippen LogP contribution in [0.25, 0.3) is 0 Å². The van der Waals surface area contributed by atoms with Gasteiger partial charge in [0.2, 0.25) is 0 Å². The number of ether oxygens (including phenoxy) is 6. The summed E-state index contributed by atoms with van der Waals surface area (Å²) < 4.78 is 37.4. The molecule has 5 saturated carbocycles. The van der Waals surface area contributed by atoms with Gasteiger partial charge in [0.25, 0.3) is 0 Å². The Morgan fingerprint density at radius 2 is 1.48 bits per heavy atom. The summed E-state index contributed by atoms with van der Waals surface area (Å²) >= 11 is 1.41. The van der Waals surface area contributed by atoms with Crippen molar-refractivity contribution in [3.8, 4) is 0 Å². The minimum Gasteiger partial charge on any atom is -0.446 e. The average Bonchev–Trinajstić information content (AvgIpc) is 3.91. The van der Waals surface area contributed by atoms with Gasteiger partial charge in [-0.05, 0) is 111 Å². The quantitative estimate of drug-likeness (QED) is 0.0624. The second-order valence-electron chi connectivity index (χ2n) is 25.1. The van der Waals surface area contributed by atoms with E-state index in [1.54, 1.807) is 0 Å². The maximum atomic E-state index is 13.3. The summed E-state index contributed by atoms with van der Waals surface area (Å²) in [7, 11) is 0. The number of hydrogen-bond acceptors (Lipinski definition) is 20. The lowest BCUT2D eigenvalue weighted by molar-refractivity contribution is -0.280. The van der Waals surface area contributed by atoms with Crippen molar-refractivity contribution in [1.29, 1.82) is 0 Å². The van der Waals surface area contributed by atoms with E-state index in [9.17, 15) is 35.4 Å². The Labute approximate surface area is 449 Å². The molecule has 8 aliphatic rings. The van der Waals surface area contributed by atoms with Crippen molar-refractivity contribution in [3.05, 3.63) is 11.6 Å². The minimum absolute atomic E-state index is 0.0621. The zero-order chi connectivity index (χ0) is 54.3. The Bertz CT molecular complexity index is 1900. The predicted molar refractivity (Wildman–Crippen MR) is 283 cm³/mol. The van der Waals surface area contributed by atoms with Crippen LogP contribution >= 0.6 is 11.8 Å². The highest BCUT2D eigenvalue weighted by Gasteiger charge is 2.60. The van der Waals surface area contributed by atoms with Gasteiger partial charge in [-0.15, -0.1) is 0 Å². The SMILES string of the molecule is CC(C)CCCC(C)C1CCC2C3CC=C4CC(OC(=O)NCCSC[C@H]5O[C@@H](O[C@@H]6C(O)[C@H](N)CC(N)[C@H]6O[C@H]6CC(CN)[C@@H](O)[C@H](O)C6N)C(O)[C@H]5O[C@H]5OC(CN)[C@@H](O)C(O)[C@H]5N)CCC4(C)C3CCC12C. The summed E-state index contributed by atoms with van der Waals surface area (Å²) in [5.41, 5.74) is 39.4. The highest BCUT2D eigenvalue weighted by atomic mass is 32.2. The second-order valence-corrected chi connectivity index (χ2v) is 26.3. The third-order valence-corrected chi connectivity index (χ3v) is 21.1. The number of alkyl carbamates (subject to hydrolysis) is 1. The van der Waals surface area contributed by atoms with Crippen molar-refractivity contribution in [2.45, 2.75) is 234 Å². The van der Waals surface area contributed by atoms with Gasteiger partial charge >= 0.3 is 6.09 Å². The molecule has 7 fully saturated rings. The summed E-state index contributed by atoms with van der Waals surface area (Å²) in [5, 5.41) is 69.0. The minimum atomic E-state index is -1.54. The molecule has 0 bridgehead atoms. The molecular weight excluding hydrogens is 987 g/mol. The van der Waals surface area contributed by atoms with Gasteiger partial charge in [-0.2, -0.15) is 11.8 Å². The first-order chi connectivity index (χ1) is 35.6. The maximum Gasteiger partial charge on any atom is 0.407 e. The lowest BCUT2D eigenvalue weighted by Crippen LogP contribution is -2.67. The Morgan fingerprint density at radius 1 is 0.760 bits per heavy atom. The Kier molecular flexibility index (Phi) is 20.1. The van der Waals surface area contributed by atoms with Crippen molar-refractivity contribution >= 4 is 17.9 Å². The molecule has 20 nitrogen and oxygen atoms in total. The standard InChI is InChI=1S/C54H97N7O13S/c1-25(2)7-6-8-26(3)31-11-12-32-30-10-9-28-20-29(13-15-53(28,4)33(30)14-16-54(31,32)5)69-52(68)61-17-18-75-24-38-48(73-50-40(60)45(66)43(64)37(23-56)71-50)46(67)51(72-38)74-49-42(63)34(57)21-35(58)47(49)70-36-19-27(22-55)41(62)44(65)39(36)59/h9,25-27,29-51,62-67H,6-8,10-24,55-60H2,1-5H3,(H,61,68)/t26?,27?,29?,30?,31?,32?,33?,34-,35?,36+,37?,38-,39?,40-,41-,42?,43-,44-,45?,46?,47-,48+,49-,50-,51+,53?,54?/m1/s1. The molecule has 2 saturated heterocycles. The Morgan fingerprint density at radius 3 is 2.20 bits per heavy atom. The summed E-state index contributed by atoms with van der Waals surface area (Å²) in [6.45, 7) is 12.5. The average molecular weight is 1080 g/mol. The zero-order valence-corrected chi connectivity index (χ0v) is 46.0. The molecule has 0 aromatic rings. The van der Waals surface area contributed by atoms with Crippen LogP contribution in [0.2, 0.25) is 0 Å². The van der Waals surface area contributed by atoms with E-state index in [-0.39, 0.29) is 49.7 Å². The molecule has 2 heterocycles. The van der Waals surface area contributed by atoms with E-state index in [2.05, 4.69) is 46.0 Å². The van der Waals surface area contributed by atoms with Crippen LogP contribution in [-0.2, 0) is 28.4 Å². The van der Waals surface area contributed by atoms with Gasteiger partial charge in [-0.1, -0.05) is 65.5 Å². The van der Waals surface area contributed by atoms with Gasteiger partial charge in [-0.25, -0.2) is 4.79 Å². The summed E-state index contributed by atoms with van der Waals surface area (Å²) in [6.07, 6.45) is -1.96. The number of carbonyl (C=O) groups excluding carboxylic acids is 1. The Balaban J connectivity index is 0.859. The van der Waals surface area contributed by atoms with Gasteiger partial charge in [0.1, 0.15) is 48.8 Å². The smallest absolute Gasteiger partial charge is 0.407 e. The molecule has 21 heteroatoms. The number of aliphatic hydroxyl groups is 6. The first-order valence-corrected chi connectivity index (χ1v) is 29.8. The maximum absolute atomic E-state index is 13.3. The topological polar surface area (TPSA) is 362 Å². The molecule has 19 N–H and O–H groups in total. The van der Waals surface area contributed by atoms with Crippen LogP contribution in [0, 0.1) is 52.3 Å². The van der Waals surface area contributed by atoms with E-state index >= 15 is 0 Å². The van der Waals surface area contributed by atoms with Crippen molar-refractivity contribution in [3.63, 3.8) is 0 Å². The van der Waals surface area contributed by atoms with Crippen molar-refractivity contribution in [2.24, 2.45) is 86.7 Å². The fraction of sp³-hybridized carbons (Fsp3) is 0.944. The fourth-order valence-corrected chi connectivity index (χ4v) is 16.5. The molecule has 15 unspecified atom stereocenters. The molecule has 8 rings (SSSR count). The van der Waals surface area contributed by atoms with E-state index in [0.717, 1.165) is 55.3 Å². The lowest BCUT2D eigenvalue weighted by Gasteiger charge is -2.58. The number of rotatable bonds is 19. The van der Waals surface area contributed by atoms with Crippen LogP contribution < -0.4 is 39.7 Å². The fourth-order valence-electron chi connectivity index (χ4n) is 15.6. The number of nitrogens with two attached hydrogens (primary N) is 6. The lowest BCUT2D eigenvalue weighted by atomic mass is 9.47. The number of thioether (sulfide) groups is 1. The second kappa shape index (κ2) is 25.2. The van der Waals surface area contributed by atoms with E-state index in [1.807, 2.05) is 0 Å². The van der Waals surface area contributed by atoms with Crippen LogP contribution in [0.3, 0.4) is 0 Å². The Hall–Kier alpha value is -1.32. The molecule has 432 valence electrons. The zero-order valence-electron chi connectivity index (χ0n) is 45.2. The van der Waals surface area contributed by atoms with Crippen molar-refractivity contribution in [1.82, 2.24) is 5.32 Å². The molecule has 0 spiro atoms. The van der Waals surface area contributed by atoms with Crippen molar-refractivity contribution in [2.75, 3.05) is 31.1 Å². The molecule has 0 aromatic heterocycles. The van der Waals surface area contributed by atoms with Gasteiger partial charge in [0.15, 0.2) is 12.6 Å². The van der Waals surface area contributed by atoms with E-state index < -0.39 is 122 Å². The molecule has 0 radical (unpaired) electrons. The molecule has 1 amide bonds. The summed E-state index contributed by atoms with van der Waals surface area (Å²) in [6, 6.07) is -3.88. The normalized spacial score (nSPS) is 48.4. The number of allylic oxidation sites excluding steroid dienone is 1. The highest BCUT2D eigenvalue weighted by Crippen LogP contribution is 2.67. The van der Waals surface area contributed by atoms with Crippen LogP contribution in [0.5, 0.6) is 0 Å². The first kappa shape index (κ1) is 59.8. The number of aliphatic hydroxyl groups excluding tert-OH is 6. The van der Waals surface area contributed by atoms with Crippen LogP contribution in [-0.4, -0.2) is 184 Å². The monoisotopic (exact) mass is 1080 g/mol. The molecule has 0 aromatic carbocycles. The van der Waals surface area contributed by atoms with E-state index in [1.165, 1.54) is 62.3 Å². The number of hydrogen-bond donors (Lipinski definition) is 13. The third kappa shape index (κ3) is 12.5. The number of carbonyl (C=O) groups is 1. The number of fused-ring (bicyclic) bond motifs is 5. The van der Waals surface area contributed by atoms with E-state index in [0.29, 0.717) is 17.1 Å². The van der Waals surface area contributed by atoms with Crippen LogP contribution in [0.4, 0.5) is 4.79 Å². The number of amides is 1. The summed E-state index contributed by atoms with van der Waals surface area (Å²) in [5.74, 6) is 4.68. The van der Waals surface area contributed by atoms with E-state index in [4.69, 9.17) is 62.8 Å². The van der Waals surface area contributed by atoms with Gasteiger partial charge < -0.3 is 98.8 Å². The van der Waals surface area contributed by atoms with Crippen LogP contribution in [0.15, 0.2) is 11.6 Å². The molecule has 6 aliphatic carbocycles. The largest absolute Gasteiger partial charge is 0.446 e. The molecule has 27 atom stereocenters. The number of nitrogens with one attached hydrogen (secondary N) is 1. The summed E-state index contributed by atoms with van der Waals surface area (Å²) in [4.78, 5) is 13.3. The van der Waals surface area contributed by atoms with Crippen molar-refractivity contribution < 1.29 is 63.9 Å². The molecular formula is C54H97N7O13S. The molecule has 75 heavy (non-hydrogen) atoms.